The second kappa shape index (κ2) is 37.8. The molecule has 0 bridgehead atoms. The van der Waals surface area contributed by atoms with Crippen LogP contribution in [0.3, 0.4) is 0 Å². The number of esters is 1. The Balaban J connectivity index is 0.000000409. The molecule has 3 saturated heterocycles. The number of aliphatic hydroxyl groups excluding tert-OH is 4. The number of nitrogens with one attached hydrogen (secondary N) is 1. The summed E-state index contributed by atoms with van der Waals surface area (Å²) in [6.07, 6.45) is 5.85. The van der Waals surface area contributed by atoms with Gasteiger partial charge in [0, 0.05) is 56.1 Å². The van der Waals surface area contributed by atoms with E-state index in [0.717, 1.165) is 25.5 Å². The minimum absolute atomic E-state index is 0. The molecule has 5 atom stereocenters. The number of ether oxygens (including phenoxy) is 2. The number of hydrogen-bond acceptors (Lipinski definition) is 17. The molecular formula is C61H81Cl2F2N4NaO17S3. The molecule has 3 heterocycles. The molecule has 1 amide bonds. The van der Waals surface area contributed by atoms with Crippen molar-refractivity contribution in [2.75, 3.05) is 50.9 Å². The summed E-state index contributed by atoms with van der Waals surface area (Å²) in [4.78, 5) is 35.5. The smallest absolute Gasteiger partial charge is 0.870 e. The van der Waals surface area contributed by atoms with Crippen LogP contribution in [0, 0.1) is 32.4 Å². The van der Waals surface area contributed by atoms with Crippen LogP contribution in [0.1, 0.15) is 139 Å². The van der Waals surface area contributed by atoms with E-state index in [1.807, 2.05) is 0 Å². The van der Waals surface area contributed by atoms with E-state index in [1.54, 1.807) is 39.0 Å². The molecule has 3 aliphatic heterocycles. The van der Waals surface area contributed by atoms with E-state index in [9.17, 15) is 63.7 Å². The van der Waals surface area contributed by atoms with Crippen LogP contribution in [0.15, 0.2) is 106 Å². The number of carbonyl (C=O) groups excluding carboxylic acids is 2. The van der Waals surface area contributed by atoms with E-state index >= 15 is 0 Å². The topological polar surface area (TPSA) is 348 Å². The molecule has 90 heavy (non-hydrogen) atoms. The molecule has 29 heteroatoms. The third-order valence-electron chi connectivity index (χ3n) is 14.4. The van der Waals surface area contributed by atoms with Crippen molar-refractivity contribution in [3.8, 4) is 0 Å². The summed E-state index contributed by atoms with van der Waals surface area (Å²) in [5.41, 5.74) is 8.33. The van der Waals surface area contributed by atoms with Crippen molar-refractivity contribution in [3.63, 3.8) is 0 Å². The summed E-state index contributed by atoms with van der Waals surface area (Å²) < 4.78 is 115. The fraction of sp³-hybridized carbons (Fsp3) is 0.459. The number of halogens is 4. The minimum atomic E-state index is -3.80. The van der Waals surface area contributed by atoms with Crippen LogP contribution < -0.4 is 40.6 Å². The molecule has 0 radical (unpaired) electrons. The molecule has 0 aromatic heterocycles. The number of benzene rings is 5. The Morgan fingerprint density at radius 1 is 0.589 bits per heavy atom. The van der Waals surface area contributed by atoms with Gasteiger partial charge in [0.2, 0.25) is 20.0 Å². The first-order chi connectivity index (χ1) is 40.9. The van der Waals surface area contributed by atoms with Gasteiger partial charge in [-0.1, -0.05) is 30.6 Å². The molecule has 5 aromatic carbocycles. The van der Waals surface area contributed by atoms with Gasteiger partial charge in [-0.3, -0.25) is 4.79 Å². The Hall–Kier alpha value is -4.72. The van der Waals surface area contributed by atoms with Crippen molar-refractivity contribution < 1.29 is 118 Å². The number of aromatic carboxylic acids is 1. The maximum Gasteiger partial charge on any atom is 1.00 e. The minimum Gasteiger partial charge on any atom is -0.870 e. The van der Waals surface area contributed by atoms with E-state index in [0.29, 0.717) is 112 Å². The van der Waals surface area contributed by atoms with Gasteiger partial charge in [0.1, 0.15) is 11.6 Å². The van der Waals surface area contributed by atoms with Gasteiger partial charge in [-0.15, -0.1) is 0 Å². The summed E-state index contributed by atoms with van der Waals surface area (Å²) in [7, 11) is -9.78. The van der Waals surface area contributed by atoms with Crippen molar-refractivity contribution in [1.29, 1.82) is 0 Å². The number of sulfonamides is 2. The average Bonchev–Trinajstić information content (AvgIpc) is 1.20. The number of anilines is 2. The predicted molar refractivity (Wildman–Crippen MR) is 334 cm³/mol. The monoisotopic (exact) mass is 1370 g/mol. The Kier molecular flexibility index (Phi) is 34.2. The number of methoxy groups -OCH3 is 1. The van der Waals surface area contributed by atoms with Gasteiger partial charge in [0.25, 0.3) is 5.91 Å². The van der Waals surface area contributed by atoms with E-state index in [1.165, 1.54) is 82.5 Å². The van der Waals surface area contributed by atoms with Gasteiger partial charge in [-0.2, -0.15) is 8.61 Å². The first kappa shape index (κ1) is 81.4. The number of sulfone groups is 1. The van der Waals surface area contributed by atoms with E-state index < -0.39 is 89.2 Å². The molecule has 21 nitrogen and oxygen atoms in total. The number of nitrogen functional groups attached to an aromatic ring is 1. The number of carbonyl (C=O) groups is 3. The SMILES string of the molecule is C.COC(=O)c1cc(C)cc(S(=O)(=O)N2CCCC(O)CC2)c1.Cc1cc(C(=O)Nc2ccc(F)c(Cl)c2)cc(S(=O)(=O)N2CCCC(O)CC2)c1.Cc1cc(C(=O)O)cc(S(=O)(=O)C2CCCC(O)CC2)c1.Nc1ccc(F)c(Cl)c1.OC1CCCO1.[Na+].[OH-]. The Morgan fingerprint density at radius 3 is 1.52 bits per heavy atom. The largest absolute Gasteiger partial charge is 1.00 e. The molecule has 9 rings (SSSR count). The number of nitrogens with zero attached hydrogens (tertiary/aromatic N) is 2. The first-order valence-corrected chi connectivity index (χ1v) is 33.3. The Bertz CT molecular complexity index is 3540. The molecule has 5 unspecified atom stereocenters. The number of aryl methyl sites for hydroxylation is 3. The fourth-order valence-corrected chi connectivity index (χ4v) is 15.2. The summed E-state index contributed by atoms with van der Waals surface area (Å²) in [5.74, 6) is -3.26. The Labute approximate surface area is 558 Å². The molecular weight excluding hydrogens is 1290 g/mol. The molecule has 1 aliphatic carbocycles. The standard InChI is InChI=1S/C20H22ClFN2O4S.C15H21NO5S.C15H20O5S.C6H5ClFN.C4H8O2.CH4.Na.H2O/c1-13-9-14(20(26)23-15-4-5-19(22)18(21)12-15)11-17(10-13)29(27,28)24-7-2-3-16(25)6-8-24;1-11-8-12(15(18)21-2)10-14(9-11)22(19,20)16-6-3-4-13(17)5-7-16;1-10-7-11(15(17)18)9-14(8-10)21(19,20)13-4-2-3-12(16)5-6-13;7-5-3-4(9)1-2-6(5)8;5-4-2-1-3-6-4;;;/h4-5,9-12,16,25H,2-3,6-8H2,1H3,(H,23,26);8-10,13,17H,3-7H2,1-2H3;7-9,12-13,16H,2-6H2,1H3,(H,17,18);1-3H,9H2;4-5H,1-3H2;1H4;;1H2/q;;;;;;+1;/p-1. The zero-order valence-electron chi connectivity index (χ0n) is 50.2. The van der Waals surface area contributed by atoms with Crippen molar-refractivity contribution >= 4 is 82.3 Å². The van der Waals surface area contributed by atoms with Crippen molar-refractivity contribution in [3.05, 3.63) is 146 Å². The van der Waals surface area contributed by atoms with Crippen LogP contribution in [0.4, 0.5) is 20.2 Å². The summed E-state index contributed by atoms with van der Waals surface area (Å²) in [5, 5.41) is 48.6. The normalized spacial score (nSPS) is 19.6. The number of carboxylic acid groups (broad SMARTS) is 1. The van der Waals surface area contributed by atoms with Crippen LogP contribution >= 0.6 is 23.2 Å². The molecule has 0 spiro atoms. The number of carboxylic acids is 1. The van der Waals surface area contributed by atoms with E-state index in [2.05, 4.69) is 10.1 Å². The quantitative estimate of drug-likeness (QED) is 0.0331. The second-order valence-corrected chi connectivity index (χ2v) is 28.4. The summed E-state index contributed by atoms with van der Waals surface area (Å²) in [6.45, 7) is 7.07. The average molecular weight is 1370 g/mol. The second-order valence-electron chi connectivity index (χ2n) is 21.4. The third kappa shape index (κ3) is 24.6. The molecule has 5 aromatic rings. The van der Waals surface area contributed by atoms with E-state index in [-0.39, 0.29) is 97.0 Å². The zero-order chi connectivity index (χ0) is 64.4. The van der Waals surface area contributed by atoms with Crippen LogP contribution in [-0.4, -0.2) is 152 Å². The van der Waals surface area contributed by atoms with Crippen molar-refractivity contribution in [2.24, 2.45) is 0 Å². The fourth-order valence-electron chi connectivity index (χ4n) is 9.68. The van der Waals surface area contributed by atoms with Crippen LogP contribution in [-0.2, 0) is 39.4 Å². The number of rotatable bonds is 10. The molecule has 1 saturated carbocycles. The van der Waals surface area contributed by atoms with E-state index in [4.69, 9.17) is 43.9 Å². The van der Waals surface area contributed by atoms with Gasteiger partial charge >= 0.3 is 41.5 Å². The summed E-state index contributed by atoms with van der Waals surface area (Å²) >= 11 is 11.1. The number of nitrogens with two attached hydrogens (primary N) is 1. The molecule has 9 N–H and O–H groups in total. The maximum absolute atomic E-state index is 13.3. The molecule has 4 aliphatic rings. The summed E-state index contributed by atoms with van der Waals surface area (Å²) in [6, 6.07) is 21.0. The Morgan fingerprint density at radius 2 is 1.06 bits per heavy atom. The van der Waals surface area contributed by atoms with Crippen molar-refractivity contribution in [1.82, 2.24) is 8.61 Å². The zero-order valence-corrected chi connectivity index (χ0v) is 56.1. The van der Waals surface area contributed by atoms with Gasteiger partial charge in [-0.05, 0) is 206 Å². The van der Waals surface area contributed by atoms with Crippen molar-refractivity contribution in [2.45, 2.75) is 156 Å². The van der Waals surface area contributed by atoms with Crippen LogP contribution in [0.2, 0.25) is 10.0 Å². The number of hydrogen-bond donors (Lipinski definition) is 7. The van der Waals surface area contributed by atoms with Gasteiger partial charge in [-0.25, -0.2) is 43.6 Å². The van der Waals surface area contributed by atoms with Gasteiger partial charge in [0.15, 0.2) is 16.1 Å². The van der Waals surface area contributed by atoms with Gasteiger partial charge < -0.3 is 51.5 Å². The predicted octanol–water partition coefficient (Wildman–Crippen LogP) is 6.69. The molecule has 494 valence electrons. The van der Waals surface area contributed by atoms with Gasteiger partial charge in [0.05, 0.1) is 66.5 Å². The molecule has 4 fully saturated rings. The number of aliphatic hydroxyl groups is 4. The first-order valence-electron chi connectivity index (χ1n) is 28.1. The number of amides is 1. The van der Waals surface area contributed by atoms with Crippen LogP contribution in [0.25, 0.3) is 0 Å². The van der Waals surface area contributed by atoms with Crippen LogP contribution in [0.5, 0.6) is 0 Å². The maximum atomic E-state index is 13.3. The third-order valence-corrected chi connectivity index (χ3v) is 20.9.